The molecule has 2 heterocycles. The maximum absolute atomic E-state index is 12.2. The Labute approximate surface area is 110 Å². The highest BCUT2D eigenvalue weighted by Crippen LogP contribution is 2.22. The summed E-state index contributed by atoms with van der Waals surface area (Å²) in [5, 5.41) is 3.30. The Bertz CT molecular complexity index is 267. The van der Waals surface area contributed by atoms with Crippen LogP contribution in [0.25, 0.3) is 0 Å². The Kier molecular flexibility index (Phi) is 5.01. The van der Waals surface area contributed by atoms with E-state index in [1.165, 1.54) is 6.42 Å². The first kappa shape index (κ1) is 13.8. The smallest absolute Gasteiger partial charge is 0.249 e. The van der Waals surface area contributed by atoms with Crippen molar-refractivity contribution in [2.45, 2.75) is 64.1 Å². The van der Waals surface area contributed by atoms with Crippen LogP contribution in [0.5, 0.6) is 0 Å². The molecule has 0 saturated carbocycles. The predicted octanol–water partition coefficient (Wildman–Crippen LogP) is 1.54. The molecule has 2 unspecified atom stereocenters. The van der Waals surface area contributed by atoms with Gasteiger partial charge in [-0.25, -0.2) is 0 Å². The predicted molar refractivity (Wildman–Crippen MR) is 71.5 cm³/mol. The Hall–Kier alpha value is -0.610. The first-order chi connectivity index (χ1) is 8.68. The van der Waals surface area contributed by atoms with E-state index in [9.17, 15) is 4.79 Å². The van der Waals surface area contributed by atoms with Gasteiger partial charge in [-0.05, 0) is 59.0 Å². The van der Waals surface area contributed by atoms with Crippen LogP contribution >= 0.6 is 0 Å². The third kappa shape index (κ3) is 3.45. The molecule has 2 atom stereocenters. The zero-order valence-corrected chi connectivity index (χ0v) is 11.7. The number of amides is 1. The van der Waals surface area contributed by atoms with Crippen molar-refractivity contribution in [1.82, 2.24) is 10.2 Å². The first-order valence-electron chi connectivity index (χ1n) is 7.32. The third-order valence-corrected chi connectivity index (χ3v) is 4.21. The Morgan fingerprint density at radius 2 is 1.78 bits per heavy atom. The van der Waals surface area contributed by atoms with Crippen LogP contribution in [0.3, 0.4) is 0 Å². The Balaban J connectivity index is 1.79. The second-order valence-electron chi connectivity index (χ2n) is 5.69. The van der Waals surface area contributed by atoms with Gasteiger partial charge in [0, 0.05) is 12.1 Å². The fourth-order valence-electron chi connectivity index (χ4n) is 3.14. The minimum absolute atomic E-state index is 0.174. The van der Waals surface area contributed by atoms with Gasteiger partial charge < -0.3 is 15.0 Å². The van der Waals surface area contributed by atoms with Crippen molar-refractivity contribution in [3.63, 3.8) is 0 Å². The van der Waals surface area contributed by atoms with Crippen molar-refractivity contribution in [2.75, 3.05) is 19.7 Å². The van der Waals surface area contributed by atoms with Crippen LogP contribution in [-0.4, -0.2) is 48.7 Å². The molecule has 0 aromatic carbocycles. The summed E-state index contributed by atoms with van der Waals surface area (Å²) < 4.78 is 5.76. The number of ether oxygens (including phenoxy) is 1. The highest BCUT2D eigenvalue weighted by atomic mass is 16.5. The number of hydrogen-bond donors (Lipinski definition) is 1. The van der Waals surface area contributed by atoms with Crippen molar-refractivity contribution in [3.8, 4) is 0 Å². The van der Waals surface area contributed by atoms with Gasteiger partial charge in [0.25, 0.3) is 0 Å². The van der Waals surface area contributed by atoms with E-state index < -0.39 is 0 Å². The maximum atomic E-state index is 12.2. The zero-order valence-electron chi connectivity index (χ0n) is 11.7. The lowest BCUT2D eigenvalue weighted by molar-refractivity contribution is -0.144. The van der Waals surface area contributed by atoms with Gasteiger partial charge in [0.2, 0.25) is 5.91 Å². The lowest BCUT2D eigenvalue weighted by Crippen LogP contribution is -2.49. The molecule has 4 nitrogen and oxygen atoms in total. The number of carbonyl (C=O) groups excluding carboxylic acids is 1. The van der Waals surface area contributed by atoms with E-state index in [2.05, 4.69) is 19.2 Å². The first-order valence-corrected chi connectivity index (χ1v) is 7.32. The summed E-state index contributed by atoms with van der Waals surface area (Å²) in [5.41, 5.74) is 0. The second-order valence-corrected chi connectivity index (χ2v) is 5.69. The normalized spacial score (nSPS) is 30.4. The zero-order chi connectivity index (χ0) is 13.0. The van der Waals surface area contributed by atoms with Crippen molar-refractivity contribution in [3.05, 3.63) is 0 Å². The van der Waals surface area contributed by atoms with E-state index in [1.54, 1.807) is 0 Å². The third-order valence-electron chi connectivity index (χ3n) is 4.21. The second kappa shape index (κ2) is 6.53. The van der Waals surface area contributed by atoms with Gasteiger partial charge in [0.05, 0.1) is 6.10 Å². The minimum Gasteiger partial charge on any atom is -0.368 e. The van der Waals surface area contributed by atoms with E-state index in [1.807, 2.05) is 4.90 Å². The van der Waals surface area contributed by atoms with Crippen LogP contribution in [0.2, 0.25) is 0 Å². The highest BCUT2D eigenvalue weighted by molar-refractivity contribution is 5.78. The molecular formula is C14H26N2O2. The highest BCUT2D eigenvalue weighted by Gasteiger charge is 2.29. The Morgan fingerprint density at radius 3 is 2.39 bits per heavy atom. The SMILES string of the molecule is CC1CCCC(C)N1C(=O)COC1CCNCC1. The van der Waals surface area contributed by atoms with Crippen LogP contribution < -0.4 is 5.32 Å². The molecule has 4 heteroatoms. The van der Waals surface area contributed by atoms with Crippen LogP contribution in [0, 0.1) is 0 Å². The summed E-state index contributed by atoms with van der Waals surface area (Å²) in [6.45, 7) is 6.58. The molecule has 0 aromatic heterocycles. The maximum Gasteiger partial charge on any atom is 0.249 e. The van der Waals surface area contributed by atoms with Gasteiger partial charge in [0.1, 0.15) is 6.61 Å². The topological polar surface area (TPSA) is 41.6 Å². The van der Waals surface area contributed by atoms with Crippen molar-refractivity contribution in [1.29, 1.82) is 0 Å². The number of carbonyl (C=O) groups is 1. The molecule has 0 aliphatic carbocycles. The summed E-state index contributed by atoms with van der Waals surface area (Å²) in [5.74, 6) is 0.174. The molecule has 2 aliphatic rings. The number of hydrogen-bond acceptors (Lipinski definition) is 3. The molecule has 1 amide bonds. The molecule has 0 radical (unpaired) electrons. The molecule has 1 N–H and O–H groups in total. The van der Waals surface area contributed by atoms with Crippen LogP contribution in [0.15, 0.2) is 0 Å². The molecule has 0 spiro atoms. The lowest BCUT2D eigenvalue weighted by Gasteiger charge is -2.39. The number of likely N-dealkylation sites (tertiary alicyclic amines) is 1. The van der Waals surface area contributed by atoms with E-state index in [0.29, 0.717) is 12.1 Å². The van der Waals surface area contributed by atoms with E-state index in [0.717, 1.165) is 38.8 Å². The van der Waals surface area contributed by atoms with Gasteiger partial charge in [-0.1, -0.05) is 0 Å². The van der Waals surface area contributed by atoms with Gasteiger partial charge in [-0.15, -0.1) is 0 Å². The number of piperidine rings is 2. The Morgan fingerprint density at radius 1 is 1.17 bits per heavy atom. The molecule has 2 saturated heterocycles. The van der Waals surface area contributed by atoms with E-state index >= 15 is 0 Å². The lowest BCUT2D eigenvalue weighted by atomic mass is 9.97. The summed E-state index contributed by atoms with van der Waals surface area (Å²) in [6.07, 6.45) is 5.82. The summed E-state index contributed by atoms with van der Waals surface area (Å²) >= 11 is 0. The number of rotatable bonds is 3. The van der Waals surface area contributed by atoms with Gasteiger partial charge in [-0.3, -0.25) is 4.79 Å². The monoisotopic (exact) mass is 254 g/mol. The minimum atomic E-state index is 0.174. The standard InChI is InChI=1S/C14H26N2O2/c1-11-4-3-5-12(2)16(11)14(17)10-18-13-6-8-15-9-7-13/h11-13,15H,3-10H2,1-2H3. The molecule has 2 fully saturated rings. The fraction of sp³-hybridized carbons (Fsp3) is 0.929. The summed E-state index contributed by atoms with van der Waals surface area (Å²) in [4.78, 5) is 14.3. The molecule has 2 rings (SSSR count). The van der Waals surface area contributed by atoms with Gasteiger partial charge >= 0.3 is 0 Å². The van der Waals surface area contributed by atoms with Crippen LogP contribution in [0.4, 0.5) is 0 Å². The molecule has 0 aromatic rings. The largest absolute Gasteiger partial charge is 0.368 e. The van der Waals surface area contributed by atoms with E-state index in [4.69, 9.17) is 4.74 Å². The van der Waals surface area contributed by atoms with E-state index in [-0.39, 0.29) is 18.6 Å². The van der Waals surface area contributed by atoms with Crippen molar-refractivity contribution < 1.29 is 9.53 Å². The fourth-order valence-corrected chi connectivity index (χ4v) is 3.14. The average Bonchev–Trinajstić information content (AvgIpc) is 2.37. The van der Waals surface area contributed by atoms with Crippen molar-refractivity contribution in [2.24, 2.45) is 0 Å². The summed E-state index contributed by atoms with van der Waals surface area (Å²) in [7, 11) is 0. The summed E-state index contributed by atoms with van der Waals surface area (Å²) in [6, 6.07) is 0.746. The van der Waals surface area contributed by atoms with Crippen LogP contribution in [0.1, 0.15) is 46.0 Å². The molecule has 0 bridgehead atoms. The molecular weight excluding hydrogens is 228 g/mol. The van der Waals surface area contributed by atoms with Gasteiger partial charge in [0.15, 0.2) is 0 Å². The quantitative estimate of drug-likeness (QED) is 0.831. The molecule has 18 heavy (non-hydrogen) atoms. The molecule has 2 aliphatic heterocycles. The van der Waals surface area contributed by atoms with Crippen molar-refractivity contribution >= 4 is 5.91 Å². The molecule has 104 valence electrons. The number of nitrogens with zero attached hydrogens (tertiary/aromatic N) is 1. The average molecular weight is 254 g/mol. The number of nitrogens with one attached hydrogen (secondary N) is 1. The van der Waals surface area contributed by atoms with Gasteiger partial charge in [-0.2, -0.15) is 0 Å². The van der Waals surface area contributed by atoms with Crippen LogP contribution in [-0.2, 0) is 9.53 Å².